The van der Waals surface area contributed by atoms with Crippen LogP contribution in [0.4, 0.5) is 0 Å². The average molecular weight is 370 g/mol. The molecule has 0 aromatic carbocycles. The molecule has 3 heterocycles. The first-order valence-corrected chi connectivity index (χ1v) is 8.19. The van der Waals surface area contributed by atoms with E-state index in [0.29, 0.717) is 11.3 Å². The number of ether oxygens (including phenoxy) is 1. The number of hydrogen-bond acceptors (Lipinski definition) is 7. The van der Waals surface area contributed by atoms with Crippen molar-refractivity contribution in [3.05, 3.63) is 35.7 Å². The minimum atomic E-state index is -1.36. The van der Waals surface area contributed by atoms with E-state index in [0.717, 1.165) is 0 Å². The molecule has 0 N–H and O–H groups in total. The number of nitrogens with zero attached hydrogens (tertiary/aromatic N) is 2. The fourth-order valence-corrected chi connectivity index (χ4v) is 4.51. The molecule has 7 nitrogen and oxygen atoms in total. The van der Waals surface area contributed by atoms with E-state index in [1.807, 2.05) is 0 Å². The van der Waals surface area contributed by atoms with Crippen LogP contribution in [0.1, 0.15) is 19.5 Å². The molecule has 9 heteroatoms. The van der Waals surface area contributed by atoms with Gasteiger partial charge in [0.2, 0.25) is 0 Å². The van der Waals surface area contributed by atoms with Crippen molar-refractivity contribution < 1.29 is 53.8 Å². The summed E-state index contributed by atoms with van der Waals surface area (Å²) in [4.78, 5) is 40.5. The Labute approximate surface area is 171 Å². The fourth-order valence-electron chi connectivity index (χ4n) is 2.91. The first kappa shape index (κ1) is 20.0. The quantitative estimate of drug-likeness (QED) is 0.239. The first-order chi connectivity index (χ1) is 11.3. The third-order valence-corrected chi connectivity index (χ3v) is 5.60. The molecule has 0 unspecified atom stereocenters. The standard InChI is InChI=1S/C16H16N2O5S.Na/c1-9(19)23-8-16(2)12(15(21)22)18-13(20)11(14(18)24-16)7-10-5-3-4-6-17-10;/h3-7,12,14H,8H2,1-2H3,(H,21,22);/q;+1/p-1/b11-7-;/t12-,14+,16-;/m0./s1. The summed E-state index contributed by atoms with van der Waals surface area (Å²) in [6, 6.07) is 4.18. The number of carbonyl (C=O) groups excluding carboxylic acids is 3. The van der Waals surface area contributed by atoms with Gasteiger partial charge in [-0.05, 0) is 25.1 Å². The zero-order valence-corrected chi connectivity index (χ0v) is 16.9. The van der Waals surface area contributed by atoms with Gasteiger partial charge in [0.25, 0.3) is 5.91 Å². The molecule has 2 fully saturated rings. The molecule has 25 heavy (non-hydrogen) atoms. The number of aromatic nitrogens is 1. The Bertz CT molecular complexity index is 741. The van der Waals surface area contributed by atoms with Crippen LogP contribution in [-0.4, -0.2) is 50.5 Å². The van der Waals surface area contributed by atoms with E-state index in [9.17, 15) is 19.5 Å². The largest absolute Gasteiger partial charge is 1.00 e. The van der Waals surface area contributed by atoms with E-state index in [1.165, 1.54) is 23.6 Å². The molecule has 2 aliphatic heterocycles. The summed E-state index contributed by atoms with van der Waals surface area (Å²) in [6.45, 7) is 2.80. The molecule has 1 aromatic heterocycles. The molecule has 3 rings (SSSR count). The normalized spacial score (nSPS) is 28.8. The Balaban J connectivity index is 0.00000225. The van der Waals surface area contributed by atoms with Gasteiger partial charge < -0.3 is 19.5 Å². The van der Waals surface area contributed by atoms with Crippen molar-refractivity contribution in [3.63, 3.8) is 0 Å². The molecular formula is C16H15N2NaO5S. The van der Waals surface area contributed by atoms with Crippen molar-refractivity contribution in [1.29, 1.82) is 0 Å². The molecule has 2 saturated heterocycles. The van der Waals surface area contributed by atoms with Gasteiger partial charge in [0.05, 0.1) is 28.0 Å². The molecule has 126 valence electrons. The Hall–Kier alpha value is -1.35. The number of pyridine rings is 1. The fraction of sp³-hybridized carbons (Fsp3) is 0.375. The predicted octanol–water partition coefficient (Wildman–Crippen LogP) is -3.18. The van der Waals surface area contributed by atoms with Crippen molar-refractivity contribution in [1.82, 2.24) is 9.88 Å². The number of carboxylic acid groups (broad SMARTS) is 1. The number of thioether (sulfide) groups is 1. The molecule has 0 spiro atoms. The summed E-state index contributed by atoms with van der Waals surface area (Å²) in [5.41, 5.74) is 1.11. The van der Waals surface area contributed by atoms with E-state index < -0.39 is 28.1 Å². The maximum atomic E-state index is 12.4. The SMILES string of the molecule is CC(=O)OC[C@]1(C)S[C@@H]2/C(=C\c3ccccn3)C(=O)N2[C@H]1C(=O)[O-].[Na+]. The number of carbonyl (C=O) groups is 3. The van der Waals surface area contributed by atoms with Crippen LogP contribution in [0.5, 0.6) is 0 Å². The topological polar surface area (TPSA) is 99.6 Å². The van der Waals surface area contributed by atoms with Crippen LogP contribution in [0.25, 0.3) is 6.08 Å². The maximum Gasteiger partial charge on any atom is 1.00 e. The third kappa shape index (κ3) is 3.62. The van der Waals surface area contributed by atoms with Crippen LogP contribution in [0.3, 0.4) is 0 Å². The molecule has 0 saturated carbocycles. The molecule has 0 bridgehead atoms. The van der Waals surface area contributed by atoms with Crippen LogP contribution >= 0.6 is 11.8 Å². The summed E-state index contributed by atoms with van der Waals surface area (Å²) in [5, 5.41) is 11.2. The van der Waals surface area contributed by atoms with Crippen LogP contribution < -0.4 is 34.7 Å². The van der Waals surface area contributed by atoms with Gasteiger partial charge in [-0.2, -0.15) is 0 Å². The van der Waals surface area contributed by atoms with E-state index in [1.54, 1.807) is 37.4 Å². The smallest absolute Gasteiger partial charge is 0.548 e. The second-order valence-corrected chi connectivity index (χ2v) is 7.47. The van der Waals surface area contributed by atoms with Gasteiger partial charge in [-0.1, -0.05) is 6.07 Å². The van der Waals surface area contributed by atoms with Gasteiger partial charge in [0.15, 0.2) is 0 Å². The van der Waals surface area contributed by atoms with E-state index in [2.05, 4.69) is 4.98 Å². The Morgan fingerprint density at radius 2 is 2.20 bits per heavy atom. The molecule has 2 aliphatic rings. The minimum absolute atomic E-state index is 0. The van der Waals surface area contributed by atoms with Crippen molar-refractivity contribution in [2.24, 2.45) is 0 Å². The summed E-state index contributed by atoms with van der Waals surface area (Å²) >= 11 is 1.28. The monoisotopic (exact) mass is 370 g/mol. The van der Waals surface area contributed by atoms with Gasteiger partial charge in [-0.3, -0.25) is 14.6 Å². The third-order valence-electron chi connectivity index (χ3n) is 4.01. The number of aliphatic carboxylic acids is 1. The Morgan fingerprint density at radius 3 is 2.76 bits per heavy atom. The molecule has 1 amide bonds. The molecule has 0 radical (unpaired) electrons. The molecule has 1 aromatic rings. The number of carboxylic acids is 1. The molecule has 3 atom stereocenters. The number of rotatable bonds is 4. The van der Waals surface area contributed by atoms with Crippen molar-refractivity contribution in [3.8, 4) is 0 Å². The van der Waals surface area contributed by atoms with Crippen molar-refractivity contribution in [2.45, 2.75) is 30.0 Å². The number of esters is 1. The van der Waals surface area contributed by atoms with Gasteiger partial charge in [0.1, 0.15) is 12.0 Å². The zero-order valence-electron chi connectivity index (χ0n) is 14.1. The second-order valence-electron chi connectivity index (χ2n) is 5.85. The van der Waals surface area contributed by atoms with E-state index in [4.69, 9.17) is 4.74 Å². The van der Waals surface area contributed by atoms with Crippen LogP contribution in [0, 0.1) is 0 Å². The summed E-state index contributed by atoms with van der Waals surface area (Å²) in [5.74, 6) is -2.22. The maximum absolute atomic E-state index is 12.4. The van der Waals surface area contributed by atoms with Crippen LogP contribution in [0.15, 0.2) is 30.0 Å². The Kier molecular flexibility index (Phi) is 5.98. The molecule has 0 aliphatic carbocycles. The summed E-state index contributed by atoms with van der Waals surface area (Å²) < 4.78 is 4.03. The summed E-state index contributed by atoms with van der Waals surface area (Å²) in [7, 11) is 0. The summed E-state index contributed by atoms with van der Waals surface area (Å²) in [6.07, 6.45) is 3.27. The number of hydrogen-bond donors (Lipinski definition) is 0. The Morgan fingerprint density at radius 1 is 1.48 bits per heavy atom. The van der Waals surface area contributed by atoms with Crippen molar-refractivity contribution >= 4 is 35.7 Å². The second kappa shape index (κ2) is 7.49. The van der Waals surface area contributed by atoms with Crippen LogP contribution in [-0.2, 0) is 19.1 Å². The number of amides is 1. The van der Waals surface area contributed by atoms with Gasteiger partial charge in [0, 0.05) is 13.1 Å². The van der Waals surface area contributed by atoms with E-state index >= 15 is 0 Å². The first-order valence-electron chi connectivity index (χ1n) is 7.31. The van der Waals surface area contributed by atoms with Gasteiger partial charge >= 0.3 is 35.5 Å². The van der Waals surface area contributed by atoms with Gasteiger partial charge in [-0.25, -0.2) is 0 Å². The number of β-lactam (4-membered cyclic amide) rings is 1. The minimum Gasteiger partial charge on any atom is -0.548 e. The zero-order chi connectivity index (χ0) is 17.5. The average Bonchev–Trinajstić information content (AvgIpc) is 2.82. The van der Waals surface area contributed by atoms with Crippen LogP contribution in [0.2, 0.25) is 0 Å². The van der Waals surface area contributed by atoms with Gasteiger partial charge in [-0.15, -0.1) is 11.8 Å². The predicted molar refractivity (Wildman–Crippen MR) is 84.3 cm³/mol. The number of fused-ring (bicyclic) bond motifs is 1. The van der Waals surface area contributed by atoms with Crippen molar-refractivity contribution in [2.75, 3.05) is 6.61 Å². The molecular weight excluding hydrogens is 355 g/mol. The van der Waals surface area contributed by atoms with E-state index in [-0.39, 0.29) is 42.1 Å².